The Kier molecular flexibility index (Phi) is 6.98. The number of ether oxygens (including phenoxy) is 1. The van der Waals surface area contributed by atoms with Gasteiger partial charge in [0.2, 0.25) is 0 Å². The van der Waals surface area contributed by atoms with Crippen LogP contribution in [0, 0.1) is 5.92 Å². The highest BCUT2D eigenvalue weighted by Crippen LogP contribution is 2.19. The molecule has 0 amide bonds. The van der Waals surface area contributed by atoms with Crippen molar-refractivity contribution in [1.82, 2.24) is 9.97 Å². The molecule has 4 nitrogen and oxygen atoms in total. The van der Waals surface area contributed by atoms with Crippen LogP contribution in [0.4, 0.5) is 5.82 Å². The van der Waals surface area contributed by atoms with Gasteiger partial charge in [0.15, 0.2) is 0 Å². The predicted molar refractivity (Wildman–Crippen MR) is 75.2 cm³/mol. The monoisotopic (exact) mass is 271 g/mol. The first-order valence-corrected chi connectivity index (χ1v) is 6.84. The topological polar surface area (TPSA) is 47.0 Å². The Labute approximate surface area is 114 Å². The van der Waals surface area contributed by atoms with E-state index < -0.39 is 0 Å². The Morgan fingerprint density at radius 2 is 2.17 bits per heavy atom. The van der Waals surface area contributed by atoms with Crippen LogP contribution in [0.1, 0.15) is 32.8 Å². The number of anilines is 1. The number of hydrogen-bond acceptors (Lipinski definition) is 4. The second kappa shape index (κ2) is 8.27. The van der Waals surface area contributed by atoms with Crippen LogP contribution in [0.15, 0.2) is 6.33 Å². The molecule has 1 aromatic rings. The van der Waals surface area contributed by atoms with E-state index in [1.807, 2.05) is 6.92 Å². The molecule has 0 saturated carbocycles. The van der Waals surface area contributed by atoms with E-state index >= 15 is 0 Å². The maximum absolute atomic E-state index is 6.01. The lowest BCUT2D eigenvalue weighted by molar-refractivity contribution is 0.110. The Balaban J connectivity index is 2.29. The van der Waals surface area contributed by atoms with Gasteiger partial charge in [0, 0.05) is 25.3 Å². The smallest absolute Gasteiger partial charge is 0.137 e. The molecular formula is C13H22ClN3O. The Morgan fingerprint density at radius 3 is 2.83 bits per heavy atom. The summed E-state index contributed by atoms with van der Waals surface area (Å²) in [5.41, 5.74) is 0.974. The van der Waals surface area contributed by atoms with Crippen molar-refractivity contribution >= 4 is 17.4 Å². The van der Waals surface area contributed by atoms with Gasteiger partial charge in [-0.3, -0.25) is 0 Å². The van der Waals surface area contributed by atoms with Crippen molar-refractivity contribution in [1.29, 1.82) is 0 Å². The van der Waals surface area contributed by atoms with Gasteiger partial charge in [0.05, 0.1) is 0 Å². The molecule has 1 aromatic heterocycles. The zero-order chi connectivity index (χ0) is 13.4. The van der Waals surface area contributed by atoms with Gasteiger partial charge >= 0.3 is 0 Å². The third kappa shape index (κ3) is 5.19. The first kappa shape index (κ1) is 15.2. The van der Waals surface area contributed by atoms with E-state index in [9.17, 15) is 0 Å². The average molecular weight is 272 g/mol. The van der Waals surface area contributed by atoms with Crippen molar-refractivity contribution in [3.63, 3.8) is 0 Å². The highest BCUT2D eigenvalue weighted by Gasteiger charge is 2.06. The summed E-state index contributed by atoms with van der Waals surface area (Å²) in [6, 6.07) is 0. The summed E-state index contributed by atoms with van der Waals surface area (Å²) < 4.78 is 5.51. The first-order valence-electron chi connectivity index (χ1n) is 6.46. The maximum Gasteiger partial charge on any atom is 0.137 e. The van der Waals surface area contributed by atoms with E-state index in [4.69, 9.17) is 16.3 Å². The first-order chi connectivity index (χ1) is 8.65. The Morgan fingerprint density at radius 1 is 1.39 bits per heavy atom. The summed E-state index contributed by atoms with van der Waals surface area (Å²) in [7, 11) is 0. The summed E-state index contributed by atoms with van der Waals surface area (Å²) in [5, 5.41) is 3.81. The summed E-state index contributed by atoms with van der Waals surface area (Å²) in [6.45, 7) is 8.76. The van der Waals surface area contributed by atoms with Crippen LogP contribution < -0.4 is 5.32 Å². The lowest BCUT2D eigenvalue weighted by Gasteiger charge is -2.11. The molecule has 1 rings (SSSR count). The van der Waals surface area contributed by atoms with Gasteiger partial charge < -0.3 is 10.1 Å². The molecule has 1 heterocycles. The molecule has 0 unspecified atom stereocenters. The van der Waals surface area contributed by atoms with Gasteiger partial charge in [0.25, 0.3) is 0 Å². The fraction of sp³-hybridized carbons (Fsp3) is 0.692. The number of nitrogens with zero attached hydrogens (tertiary/aromatic N) is 2. The molecule has 1 N–H and O–H groups in total. The molecular weight excluding hydrogens is 250 g/mol. The number of rotatable bonds is 8. The lowest BCUT2D eigenvalue weighted by Crippen LogP contribution is -2.11. The van der Waals surface area contributed by atoms with Gasteiger partial charge in [-0.25, -0.2) is 9.97 Å². The highest BCUT2D eigenvalue weighted by molar-refractivity contribution is 6.30. The van der Waals surface area contributed by atoms with Crippen LogP contribution in [0.3, 0.4) is 0 Å². The van der Waals surface area contributed by atoms with Crippen molar-refractivity contribution < 1.29 is 4.74 Å². The number of hydrogen-bond donors (Lipinski definition) is 1. The SMILES string of the molecule is CCc1c(Cl)ncnc1NCCCOCC(C)C. The molecule has 102 valence electrons. The quantitative estimate of drug-likeness (QED) is 0.583. The predicted octanol–water partition coefficient (Wildman–Crippen LogP) is 3.17. The minimum atomic E-state index is 0.533. The molecule has 0 aromatic carbocycles. The van der Waals surface area contributed by atoms with Crippen LogP contribution >= 0.6 is 11.6 Å². The van der Waals surface area contributed by atoms with Crippen LogP contribution in [0.25, 0.3) is 0 Å². The fourth-order valence-electron chi connectivity index (χ4n) is 1.56. The minimum Gasteiger partial charge on any atom is -0.381 e. The van der Waals surface area contributed by atoms with E-state index in [1.165, 1.54) is 6.33 Å². The Bertz CT molecular complexity index is 358. The molecule has 0 radical (unpaired) electrons. The van der Waals surface area contributed by atoms with E-state index in [1.54, 1.807) is 0 Å². The van der Waals surface area contributed by atoms with E-state index in [2.05, 4.69) is 29.1 Å². The van der Waals surface area contributed by atoms with Crippen molar-refractivity contribution in [2.24, 2.45) is 5.92 Å². The highest BCUT2D eigenvalue weighted by atomic mass is 35.5. The lowest BCUT2D eigenvalue weighted by atomic mass is 10.2. The van der Waals surface area contributed by atoms with Gasteiger partial charge in [0.1, 0.15) is 17.3 Å². The second-order valence-corrected chi connectivity index (χ2v) is 4.95. The molecule has 5 heteroatoms. The molecule has 0 aliphatic heterocycles. The number of halogens is 1. The molecule has 0 spiro atoms. The van der Waals surface area contributed by atoms with Crippen LogP contribution in [0.5, 0.6) is 0 Å². The largest absolute Gasteiger partial charge is 0.381 e. The zero-order valence-corrected chi connectivity index (χ0v) is 12.1. The zero-order valence-electron chi connectivity index (χ0n) is 11.4. The molecule has 0 atom stereocenters. The summed E-state index contributed by atoms with van der Waals surface area (Å²) >= 11 is 6.01. The molecule has 18 heavy (non-hydrogen) atoms. The summed E-state index contributed by atoms with van der Waals surface area (Å²) in [5.74, 6) is 1.42. The fourth-order valence-corrected chi connectivity index (χ4v) is 1.82. The average Bonchev–Trinajstić information content (AvgIpc) is 2.33. The Hall–Kier alpha value is -0.870. The number of aromatic nitrogens is 2. The second-order valence-electron chi connectivity index (χ2n) is 4.59. The third-order valence-electron chi connectivity index (χ3n) is 2.46. The van der Waals surface area contributed by atoms with Crippen molar-refractivity contribution in [3.05, 3.63) is 17.0 Å². The molecule has 0 saturated heterocycles. The third-order valence-corrected chi connectivity index (χ3v) is 2.78. The van der Waals surface area contributed by atoms with Gasteiger partial charge in [-0.2, -0.15) is 0 Å². The van der Waals surface area contributed by atoms with Gasteiger partial charge in [-0.1, -0.05) is 32.4 Å². The number of nitrogens with one attached hydrogen (secondary N) is 1. The van der Waals surface area contributed by atoms with Crippen molar-refractivity contribution in [2.45, 2.75) is 33.6 Å². The van der Waals surface area contributed by atoms with E-state index in [0.717, 1.165) is 44.0 Å². The van der Waals surface area contributed by atoms with E-state index in [-0.39, 0.29) is 0 Å². The molecule has 0 aliphatic carbocycles. The summed E-state index contributed by atoms with van der Waals surface area (Å²) in [6.07, 6.45) is 3.27. The standard InChI is InChI=1S/C13H22ClN3O/c1-4-11-12(14)16-9-17-13(11)15-6-5-7-18-8-10(2)3/h9-10H,4-8H2,1-3H3,(H,15,16,17). The van der Waals surface area contributed by atoms with Crippen molar-refractivity contribution in [2.75, 3.05) is 25.1 Å². The van der Waals surface area contributed by atoms with Crippen LogP contribution in [0.2, 0.25) is 5.15 Å². The van der Waals surface area contributed by atoms with Crippen molar-refractivity contribution in [3.8, 4) is 0 Å². The molecule has 0 fully saturated rings. The van der Waals surface area contributed by atoms with Gasteiger partial charge in [-0.05, 0) is 18.8 Å². The van der Waals surface area contributed by atoms with Crippen LogP contribution in [-0.2, 0) is 11.2 Å². The van der Waals surface area contributed by atoms with Gasteiger partial charge in [-0.15, -0.1) is 0 Å². The van der Waals surface area contributed by atoms with E-state index in [0.29, 0.717) is 11.1 Å². The summed E-state index contributed by atoms with van der Waals surface area (Å²) in [4.78, 5) is 8.19. The minimum absolute atomic E-state index is 0.533. The maximum atomic E-state index is 6.01. The normalized spacial score (nSPS) is 10.9. The van der Waals surface area contributed by atoms with Crippen LogP contribution in [-0.4, -0.2) is 29.7 Å². The molecule has 0 bridgehead atoms. The molecule has 0 aliphatic rings.